The average molecular weight is 399 g/mol. The second-order valence-corrected chi connectivity index (χ2v) is 6.19. The van der Waals surface area contributed by atoms with Gasteiger partial charge in [-0.05, 0) is 36.4 Å². The Bertz CT molecular complexity index is 996. The van der Waals surface area contributed by atoms with Gasteiger partial charge in [0.05, 0.1) is 16.4 Å². The molecule has 142 valence electrons. The van der Waals surface area contributed by atoms with Crippen LogP contribution in [0.2, 0.25) is 5.02 Å². The Morgan fingerprint density at radius 2 is 1.54 bits per heavy atom. The molecule has 0 aliphatic carbocycles. The van der Waals surface area contributed by atoms with E-state index in [0.29, 0.717) is 16.9 Å². The first-order valence-electron chi connectivity index (χ1n) is 8.36. The number of nitrogens with one attached hydrogen (secondary N) is 2. The van der Waals surface area contributed by atoms with Crippen LogP contribution >= 0.6 is 11.6 Å². The Morgan fingerprint density at radius 1 is 0.893 bits per heavy atom. The number of anilines is 2. The first kappa shape index (κ1) is 19.4. The summed E-state index contributed by atoms with van der Waals surface area (Å²) in [6, 6.07) is 19.4. The first-order chi connectivity index (χ1) is 13.5. The molecule has 3 rings (SSSR count). The summed E-state index contributed by atoms with van der Waals surface area (Å²) in [5, 5.41) is 5.35. The molecule has 3 aromatic carbocycles. The molecule has 0 saturated carbocycles. The van der Waals surface area contributed by atoms with Crippen LogP contribution in [0.4, 0.5) is 15.8 Å². The smallest absolute Gasteiger partial charge is 0.262 e. The number of carbonyl (C=O) groups is 2. The van der Waals surface area contributed by atoms with Gasteiger partial charge in [0.25, 0.3) is 11.8 Å². The monoisotopic (exact) mass is 398 g/mol. The molecule has 0 unspecified atom stereocenters. The summed E-state index contributed by atoms with van der Waals surface area (Å²) in [6.07, 6.45) is 0. The SMILES string of the molecule is O=C(COc1ccc(F)c(Cl)c1)Nc1ccccc1NC(=O)c1ccccc1. The lowest BCUT2D eigenvalue weighted by Gasteiger charge is -2.13. The Balaban J connectivity index is 1.63. The summed E-state index contributed by atoms with van der Waals surface area (Å²) in [6.45, 7) is -0.303. The van der Waals surface area contributed by atoms with Gasteiger partial charge in [-0.15, -0.1) is 0 Å². The molecule has 0 heterocycles. The van der Waals surface area contributed by atoms with Crippen LogP contribution in [-0.2, 0) is 4.79 Å². The second-order valence-electron chi connectivity index (χ2n) is 5.78. The summed E-state index contributed by atoms with van der Waals surface area (Å²) < 4.78 is 18.5. The van der Waals surface area contributed by atoms with Crippen molar-refractivity contribution in [3.8, 4) is 5.75 Å². The number of ether oxygens (including phenoxy) is 1. The molecule has 0 spiro atoms. The van der Waals surface area contributed by atoms with E-state index in [1.807, 2.05) is 6.07 Å². The minimum absolute atomic E-state index is 0.0909. The standard InChI is InChI=1S/C21H16ClFN2O3/c22-16-12-15(10-11-17(16)23)28-13-20(26)24-18-8-4-5-9-19(18)25-21(27)14-6-2-1-3-7-14/h1-12H,13H2,(H,24,26)(H,25,27). The van der Waals surface area contributed by atoms with Crippen molar-refractivity contribution in [1.82, 2.24) is 0 Å². The molecule has 0 radical (unpaired) electrons. The lowest BCUT2D eigenvalue weighted by molar-refractivity contribution is -0.118. The number of rotatable bonds is 6. The van der Waals surface area contributed by atoms with E-state index >= 15 is 0 Å². The van der Waals surface area contributed by atoms with Gasteiger partial charge in [-0.25, -0.2) is 4.39 Å². The van der Waals surface area contributed by atoms with Gasteiger partial charge in [-0.3, -0.25) is 9.59 Å². The fourth-order valence-corrected chi connectivity index (χ4v) is 2.56. The molecule has 7 heteroatoms. The van der Waals surface area contributed by atoms with Gasteiger partial charge in [-0.2, -0.15) is 0 Å². The Kier molecular flexibility index (Phi) is 6.24. The molecular formula is C21H16ClFN2O3. The summed E-state index contributed by atoms with van der Waals surface area (Å²) in [5.41, 5.74) is 1.38. The largest absolute Gasteiger partial charge is 0.484 e. The molecular weight excluding hydrogens is 383 g/mol. The Hall–Kier alpha value is -3.38. The van der Waals surface area contributed by atoms with Crippen molar-refractivity contribution >= 4 is 34.8 Å². The van der Waals surface area contributed by atoms with E-state index in [1.165, 1.54) is 12.1 Å². The van der Waals surface area contributed by atoms with E-state index in [-0.39, 0.29) is 23.3 Å². The molecule has 5 nitrogen and oxygen atoms in total. The maximum absolute atomic E-state index is 13.2. The fourth-order valence-electron chi connectivity index (χ4n) is 2.39. The van der Waals surface area contributed by atoms with Crippen LogP contribution in [-0.4, -0.2) is 18.4 Å². The van der Waals surface area contributed by atoms with Crippen LogP contribution in [0.1, 0.15) is 10.4 Å². The molecule has 2 amide bonds. The molecule has 0 bridgehead atoms. The van der Waals surface area contributed by atoms with Crippen molar-refractivity contribution in [2.75, 3.05) is 17.2 Å². The third-order valence-electron chi connectivity index (χ3n) is 3.75. The van der Waals surface area contributed by atoms with Gasteiger partial charge in [0, 0.05) is 11.6 Å². The van der Waals surface area contributed by atoms with E-state index in [4.69, 9.17) is 16.3 Å². The zero-order valence-electron chi connectivity index (χ0n) is 14.6. The number of hydrogen-bond acceptors (Lipinski definition) is 3. The number of hydrogen-bond donors (Lipinski definition) is 2. The van der Waals surface area contributed by atoms with Crippen LogP contribution in [0.5, 0.6) is 5.75 Å². The van der Waals surface area contributed by atoms with E-state index in [1.54, 1.807) is 48.5 Å². The molecule has 0 aromatic heterocycles. The molecule has 0 aliphatic rings. The lowest BCUT2D eigenvalue weighted by Crippen LogP contribution is -2.21. The lowest BCUT2D eigenvalue weighted by atomic mass is 10.2. The minimum atomic E-state index is -0.568. The van der Waals surface area contributed by atoms with Gasteiger partial charge >= 0.3 is 0 Å². The molecule has 28 heavy (non-hydrogen) atoms. The van der Waals surface area contributed by atoms with Crippen LogP contribution in [0.3, 0.4) is 0 Å². The van der Waals surface area contributed by atoms with Crippen LogP contribution in [0.15, 0.2) is 72.8 Å². The Morgan fingerprint density at radius 3 is 2.21 bits per heavy atom. The first-order valence-corrected chi connectivity index (χ1v) is 8.74. The van der Waals surface area contributed by atoms with Gasteiger partial charge in [0.2, 0.25) is 0 Å². The van der Waals surface area contributed by atoms with E-state index in [2.05, 4.69) is 10.6 Å². The Labute approximate surface area is 166 Å². The fraction of sp³-hybridized carbons (Fsp3) is 0.0476. The molecule has 0 atom stereocenters. The van der Waals surface area contributed by atoms with Crippen LogP contribution in [0, 0.1) is 5.82 Å². The predicted octanol–water partition coefficient (Wildman–Crippen LogP) is 4.75. The van der Waals surface area contributed by atoms with E-state index < -0.39 is 11.7 Å². The summed E-state index contributed by atoms with van der Waals surface area (Å²) in [4.78, 5) is 24.5. The zero-order chi connectivity index (χ0) is 19.9. The van der Waals surface area contributed by atoms with Crippen molar-refractivity contribution in [2.24, 2.45) is 0 Å². The van der Waals surface area contributed by atoms with Crippen molar-refractivity contribution in [2.45, 2.75) is 0 Å². The van der Waals surface area contributed by atoms with Crippen LogP contribution < -0.4 is 15.4 Å². The summed E-state index contributed by atoms with van der Waals surface area (Å²) in [5.74, 6) is -1.03. The quantitative estimate of drug-likeness (QED) is 0.629. The topological polar surface area (TPSA) is 67.4 Å². The molecule has 3 aromatic rings. The van der Waals surface area contributed by atoms with E-state index in [9.17, 15) is 14.0 Å². The third kappa shape index (κ3) is 5.08. The van der Waals surface area contributed by atoms with Gasteiger partial charge in [0.1, 0.15) is 11.6 Å². The highest BCUT2D eigenvalue weighted by atomic mass is 35.5. The minimum Gasteiger partial charge on any atom is -0.484 e. The number of para-hydroxylation sites is 2. The normalized spacial score (nSPS) is 10.2. The van der Waals surface area contributed by atoms with Gasteiger partial charge in [-0.1, -0.05) is 41.9 Å². The molecule has 0 aliphatic heterocycles. The van der Waals surface area contributed by atoms with Crippen molar-refractivity contribution in [3.63, 3.8) is 0 Å². The van der Waals surface area contributed by atoms with Crippen molar-refractivity contribution in [3.05, 3.63) is 89.2 Å². The highest BCUT2D eigenvalue weighted by molar-refractivity contribution is 6.30. The van der Waals surface area contributed by atoms with Crippen molar-refractivity contribution < 1.29 is 18.7 Å². The van der Waals surface area contributed by atoms with Gasteiger partial charge in [0.15, 0.2) is 6.61 Å². The molecule has 2 N–H and O–H groups in total. The number of benzene rings is 3. The summed E-state index contributed by atoms with van der Waals surface area (Å²) >= 11 is 5.68. The number of carbonyl (C=O) groups excluding carboxylic acids is 2. The van der Waals surface area contributed by atoms with Crippen molar-refractivity contribution in [1.29, 1.82) is 0 Å². The molecule has 0 fully saturated rings. The average Bonchev–Trinajstić information content (AvgIpc) is 2.71. The maximum Gasteiger partial charge on any atom is 0.262 e. The number of amides is 2. The maximum atomic E-state index is 13.2. The highest BCUT2D eigenvalue weighted by Gasteiger charge is 2.11. The number of halogens is 2. The van der Waals surface area contributed by atoms with Crippen LogP contribution in [0.25, 0.3) is 0 Å². The predicted molar refractivity (Wildman–Crippen MR) is 106 cm³/mol. The zero-order valence-corrected chi connectivity index (χ0v) is 15.4. The second kappa shape index (κ2) is 9.01. The highest BCUT2D eigenvalue weighted by Crippen LogP contribution is 2.23. The molecule has 0 saturated heterocycles. The van der Waals surface area contributed by atoms with E-state index in [0.717, 1.165) is 6.07 Å². The van der Waals surface area contributed by atoms with Gasteiger partial charge < -0.3 is 15.4 Å². The third-order valence-corrected chi connectivity index (χ3v) is 4.04. The summed E-state index contributed by atoms with van der Waals surface area (Å²) in [7, 11) is 0.